The largest absolute Gasteiger partial charge is 0.435 e. The van der Waals surface area contributed by atoms with Gasteiger partial charge in [-0.25, -0.2) is 0 Å². The van der Waals surface area contributed by atoms with Gasteiger partial charge in [0.05, 0.1) is 12.4 Å². The van der Waals surface area contributed by atoms with Crippen molar-refractivity contribution in [1.82, 2.24) is 0 Å². The predicted molar refractivity (Wildman–Crippen MR) is 66.8 cm³/mol. The van der Waals surface area contributed by atoms with Crippen LogP contribution >= 0.6 is 0 Å². The zero-order chi connectivity index (χ0) is 14.5. The van der Waals surface area contributed by atoms with E-state index >= 15 is 0 Å². The summed E-state index contributed by atoms with van der Waals surface area (Å²) in [6.45, 7) is -1.18. The van der Waals surface area contributed by atoms with Crippen molar-refractivity contribution in [2.75, 3.05) is 6.26 Å². The molecule has 1 unspecified atom stereocenters. The monoisotopic (exact) mass is 294 g/mol. The third kappa shape index (κ3) is 7.07. The van der Waals surface area contributed by atoms with Gasteiger partial charge in [0.15, 0.2) is 0 Å². The minimum atomic E-state index is -3.45. The molecule has 1 atom stereocenters. The van der Waals surface area contributed by atoms with Crippen LogP contribution in [0.3, 0.4) is 0 Å². The first-order valence-corrected chi connectivity index (χ1v) is 7.50. The highest BCUT2D eigenvalue weighted by Crippen LogP contribution is 2.16. The summed E-state index contributed by atoms with van der Waals surface area (Å²) in [6.07, 6.45) is 1.68. The number of rotatable bonds is 7. The zero-order valence-corrected chi connectivity index (χ0v) is 11.5. The lowest BCUT2D eigenvalue weighted by molar-refractivity contribution is -0.0498. The first-order valence-electron chi connectivity index (χ1n) is 5.68. The van der Waals surface area contributed by atoms with Gasteiger partial charge in [-0.3, -0.25) is 4.18 Å². The van der Waals surface area contributed by atoms with Crippen LogP contribution in [0.2, 0.25) is 0 Å². The number of hydrogen-bond donors (Lipinski definition) is 0. The molecule has 0 aliphatic carbocycles. The maximum atomic E-state index is 11.9. The van der Waals surface area contributed by atoms with Gasteiger partial charge in [-0.15, -0.1) is 0 Å². The summed E-state index contributed by atoms with van der Waals surface area (Å²) in [4.78, 5) is 0. The van der Waals surface area contributed by atoms with Crippen LogP contribution in [-0.2, 0) is 20.7 Å². The highest BCUT2D eigenvalue weighted by molar-refractivity contribution is 7.86. The minimum Gasteiger partial charge on any atom is -0.435 e. The quantitative estimate of drug-likeness (QED) is 0.725. The molecule has 0 aliphatic heterocycles. The molecule has 0 saturated heterocycles. The van der Waals surface area contributed by atoms with Gasteiger partial charge in [0.1, 0.15) is 5.75 Å². The van der Waals surface area contributed by atoms with E-state index in [1.54, 1.807) is 19.1 Å². The third-order valence-corrected chi connectivity index (χ3v) is 3.01. The molecule has 4 nitrogen and oxygen atoms in total. The Balaban J connectivity index is 2.45. The number of halogens is 2. The summed E-state index contributed by atoms with van der Waals surface area (Å²) < 4.78 is 54.7. The van der Waals surface area contributed by atoms with Crippen LogP contribution in [0, 0.1) is 0 Å². The summed E-state index contributed by atoms with van der Waals surface area (Å²) >= 11 is 0. The van der Waals surface area contributed by atoms with E-state index in [0.29, 0.717) is 12.8 Å². The number of aryl methyl sites for hydroxylation is 1. The fourth-order valence-electron chi connectivity index (χ4n) is 1.55. The molecular weight excluding hydrogens is 278 g/mol. The van der Waals surface area contributed by atoms with Crippen molar-refractivity contribution in [2.45, 2.75) is 32.5 Å². The van der Waals surface area contributed by atoms with Gasteiger partial charge in [-0.1, -0.05) is 12.1 Å². The van der Waals surface area contributed by atoms with Gasteiger partial charge in [0.25, 0.3) is 10.1 Å². The molecule has 0 amide bonds. The second-order valence-electron chi connectivity index (χ2n) is 4.17. The number of ether oxygens (including phenoxy) is 1. The molecule has 0 spiro atoms. The molecule has 0 aromatic heterocycles. The lowest BCUT2D eigenvalue weighted by Gasteiger charge is -2.11. The van der Waals surface area contributed by atoms with E-state index in [1.807, 2.05) is 0 Å². The summed E-state index contributed by atoms with van der Waals surface area (Å²) in [7, 11) is -3.45. The molecular formula is C12H16F2O4S. The van der Waals surface area contributed by atoms with Gasteiger partial charge in [0, 0.05) is 0 Å². The van der Waals surface area contributed by atoms with Gasteiger partial charge < -0.3 is 4.74 Å². The second-order valence-corrected chi connectivity index (χ2v) is 5.77. The Morgan fingerprint density at radius 1 is 1.21 bits per heavy atom. The molecule has 0 N–H and O–H groups in total. The molecule has 1 rings (SSSR count). The van der Waals surface area contributed by atoms with Crippen LogP contribution in [0.25, 0.3) is 0 Å². The average molecular weight is 294 g/mol. The topological polar surface area (TPSA) is 52.6 Å². The summed E-state index contributed by atoms with van der Waals surface area (Å²) in [6, 6.07) is 6.21. The zero-order valence-electron chi connectivity index (χ0n) is 10.7. The van der Waals surface area contributed by atoms with Crippen LogP contribution < -0.4 is 4.74 Å². The molecule has 0 aliphatic rings. The minimum absolute atomic E-state index is 0.0965. The van der Waals surface area contributed by atoms with Crippen molar-refractivity contribution in [2.24, 2.45) is 0 Å². The van der Waals surface area contributed by atoms with Crippen LogP contribution in [0.4, 0.5) is 8.78 Å². The number of alkyl halides is 2. The van der Waals surface area contributed by atoms with E-state index < -0.39 is 22.8 Å². The molecule has 0 fully saturated rings. The van der Waals surface area contributed by atoms with Crippen LogP contribution in [0.15, 0.2) is 24.3 Å². The molecule has 1 aromatic rings. The molecule has 108 valence electrons. The van der Waals surface area contributed by atoms with E-state index in [-0.39, 0.29) is 5.75 Å². The third-order valence-electron chi connectivity index (χ3n) is 2.33. The average Bonchev–Trinajstić information content (AvgIpc) is 2.25. The van der Waals surface area contributed by atoms with Crippen molar-refractivity contribution in [3.63, 3.8) is 0 Å². The molecule has 7 heteroatoms. The molecule has 1 aromatic carbocycles. The van der Waals surface area contributed by atoms with Gasteiger partial charge >= 0.3 is 6.61 Å². The van der Waals surface area contributed by atoms with Crippen LogP contribution in [0.1, 0.15) is 18.9 Å². The summed E-state index contributed by atoms with van der Waals surface area (Å²) in [5.74, 6) is 0.0965. The fraction of sp³-hybridized carbons (Fsp3) is 0.500. The Morgan fingerprint density at radius 3 is 2.26 bits per heavy atom. The lowest BCUT2D eigenvalue weighted by Crippen LogP contribution is -2.14. The standard InChI is InChI=1S/C12H16F2O4S/c1-9(18-19(2,15)16)3-4-10-5-7-11(8-6-10)17-12(13)14/h5-9,12H,3-4H2,1-2H3. The molecule has 0 heterocycles. The molecule has 0 radical (unpaired) electrons. The van der Waals surface area contributed by atoms with Gasteiger partial charge in [0.2, 0.25) is 0 Å². The fourth-order valence-corrected chi connectivity index (χ4v) is 2.25. The smallest absolute Gasteiger partial charge is 0.387 e. The lowest BCUT2D eigenvalue weighted by atomic mass is 10.1. The predicted octanol–water partition coefficient (Wildman–Crippen LogP) is 2.59. The Bertz CT molecular complexity index is 485. The van der Waals surface area contributed by atoms with E-state index in [2.05, 4.69) is 4.74 Å². The van der Waals surface area contributed by atoms with E-state index in [0.717, 1.165) is 11.8 Å². The Kier molecular flexibility index (Phi) is 5.68. The maximum absolute atomic E-state index is 11.9. The van der Waals surface area contributed by atoms with Crippen molar-refractivity contribution in [1.29, 1.82) is 0 Å². The maximum Gasteiger partial charge on any atom is 0.387 e. The van der Waals surface area contributed by atoms with Crippen LogP contribution in [-0.4, -0.2) is 27.4 Å². The Morgan fingerprint density at radius 2 is 1.79 bits per heavy atom. The van der Waals surface area contributed by atoms with Crippen molar-refractivity contribution in [3.8, 4) is 5.75 Å². The Hall–Kier alpha value is -1.21. The molecule has 0 bridgehead atoms. The van der Waals surface area contributed by atoms with Crippen molar-refractivity contribution >= 4 is 10.1 Å². The second kappa shape index (κ2) is 6.81. The number of hydrogen-bond acceptors (Lipinski definition) is 4. The van der Waals surface area contributed by atoms with Gasteiger partial charge in [-0.05, 0) is 37.5 Å². The highest BCUT2D eigenvalue weighted by atomic mass is 32.2. The SMILES string of the molecule is CC(CCc1ccc(OC(F)F)cc1)OS(C)(=O)=O. The van der Waals surface area contributed by atoms with Gasteiger partial charge in [-0.2, -0.15) is 17.2 Å². The first kappa shape index (κ1) is 15.8. The van der Waals surface area contributed by atoms with E-state index in [9.17, 15) is 17.2 Å². The van der Waals surface area contributed by atoms with Crippen molar-refractivity contribution < 1.29 is 26.1 Å². The van der Waals surface area contributed by atoms with Crippen LogP contribution in [0.5, 0.6) is 5.75 Å². The summed E-state index contributed by atoms with van der Waals surface area (Å²) in [5, 5.41) is 0. The first-order chi connectivity index (χ1) is 8.76. The highest BCUT2D eigenvalue weighted by Gasteiger charge is 2.10. The van der Waals surface area contributed by atoms with E-state index in [1.165, 1.54) is 12.1 Å². The normalized spacial score (nSPS) is 13.5. The molecule has 0 saturated carbocycles. The number of benzene rings is 1. The van der Waals surface area contributed by atoms with Crippen molar-refractivity contribution in [3.05, 3.63) is 29.8 Å². The van der Waals surface area contributed by atoms with E-state index in [4.69, 9.17) is 4.18 Å². The summed E-state index contributed by atoms with van der Waals surface area (Å²) in [5.41, 5.74) is 0.894. The Labute approximate surface area is 111 Å². The molecule has 19 heavy (non-hydrogen) atoms.